The maximum absolute atomic E-state index is 13.9. The minimum atomic E-state index is -0.580. The van der Waals surface area contributed by atoms with E-state index in [1.807, 2.05) is 0 Å². The normalized spacial score (nSPS) is 11.3. The van der Waals surface area contributed by atoms with Crippen LogP contribution in [0.2, 0.25) is 0 Å². The van der Waals surface area contributed by atoms with Gasteiger partial charge in [0.15, 0.2) is 10.8 Å². The van der Waals surface area contributed by atoms with Crippen molar-refractivity contribution in [1.82, 2.24) is 19.8 Å². The van der Waals surface area contributed by atoms with E-state index >= 15 is 0 Å². The van der Waals surface area contributed by atoms with Gasteiger partial charge in [0.1, 0.15) is 17.5 Å². The highest BCUT2D eigenvalue weighted by Crippen LogP contribution is 2.30. The highest BCUT2D eigenvalue weighted by Gasteiger charge is 2.17. The van der Waals surface area contributed by atoms with Gasteiger partial charge in [-0.25, -0.2) is 13.2 Å². The fourth-order valence-corrected chi connectivity index (χ4v) is 3.05. The first-order valence-corrected chi connectivity index (χ1v) is 7.37. The van der Waals surface area contributed by atoms with Gasteiger partial charge in [-0.2, -0.15) is 9.61 Å². The lowest BCUT2D eigenvalue weighted by Crippen LogP contribution is -1.92. The second-order valence-electron chi connectivity index (χ2n) is 4.76. The van der Waals surface area contributed by atoms with E-state index in [1.54, 1.807) is 12.1 Å². The van der Waals surface area contributed by atoms with Crippen molar-refractivity contribution in [2.24, 2.45) is 0 Å². The summed E-state index contributed by atoms with van der Waals surface area (Å²) < 4.78 is 42.0. The Hall–Kier alpha value is -2.74. The van der Waals surface area contributed by atoms with Crippen molar-refractivity contribution < 1.29 is 13.2 Å². The van der Waals surface area contributed by atoms with E-state index < -0.39 is 17.5 Å². The second-order valence-corrected chi connectivity index (χ2v) is 5.72. The summed E-state index contributed by atoms with van der Waals surface area (Å²) >= 11 is 1.07. The zero-order valence-corrected chi connectivity index (χ0v) is 12.2. The van der Waals surface area contributed by atoms with Crippen LogP contribution in [0.3, 0.4) is 0 Å². The number of aromatic nitrogens is 4. The maximum Gasteiger partial charge on any atom is 0.235 e. The van der Waals surface area contributed by atoms with Crippen LogP contribution < -0.4 is 0 Å². The van der Waals surface area contributed by atoms with E-state index in [2.05, 4.69) is 15.3 Å². The minimum absolute atomic E-state index is 0.0469. The molecule has 0 aliphatic carbocycles. The highest BCUT2D eigenvalue weighted by molar-refractivity contribution is 7.19. The molecule has 0 aliphatic rings. The average Bonchev–Trinajstić information content (AvgIpc) is 3.09. The fourth-order valence-electron chi connectivity index (χ4n) is 2.19. The van der Waals surface area contributed by atoms with Gasteiger partial charge in [-0.1, -0.05) is 23.5 Å². The van der Waals surface area contributed by atoms with E-state index in [1.165, 1.54) is 16.6 Å². The van der Waals surface area contributed by atoms with Crippen LogP contribution >= 0.6 is 11.3 Å². The molecule has 0 atom stereocenters. The molecule has 2 aromatic carbocycles. The van der Waals surface area contributed by atoms with Crippen LogP contribution in [0.1, 0.15) is 0 Å². The zero-order chi connectivity index (χ0) is 16.0. The molecule has 4 aromatic rings. The van der Waals surface area contributed by atoms with E-state index in [9.17, 15) is 13.2 Å². The van der Waals surface area contributed by atoms with Crippen LogP contribution in [-0.4, -0.2) is 19.8 Å². The molecule has 0 aliphatic heterocycles. The number of fused-ring (bicyclic) bond motifs is 1. The van der Waals surface area contributed by atoms with Gasteiger partial charge in [-0.15, -0.1) is 10.2 Å². The molecule has 0 amide bonds. The average molecular weight is 332 g/mol. The van der Waals surface area contributed by atoms with E-state index in [-0.39, 0.29) is 10.6 Å². The number of benzene rings is 2. The molecule has 114 valence electrons. The molecule has 8 heteroatoms. The Kier molecular flexibility index (Phi) is 3.12. The summed E-state index contributed by atoms with van der Waals surface area (Å²) in [6.07, 6.45) is 0. The third-order valence-electron chi connectivity index (χ3n) is 3.23. The summed E-state index contributed by atoms with van der Waals surface area (Å²) in [5.41, 5.74) is 0.541. The molecule has 0 saturated heterocycles. The third-order valence-corrected chi connectivity index (χ3v) is 4.16. The number of hydrogen-bond acceptors (Lipinski definition) is 4. The Morgan fingerprint density at radius 1 is 0.913 bits per heavy atom. The van der Waals surface area contributed by atoms with Gasteiger partial charge in [-0.3, -0.25) is 0 Å². The summed E-state index contributed by atoms with van der Waals surface area (Å²) in [7, 11) is 0. The Balaban J connectivity index is 1.88. The molecule has 0 saturated carbocycles. The van der Waals surface area contributed by atoms with Crippen LogP contribution in [0.15, 0.2) is 42.5 Å². The highest BCUT2D eigenvalue weighted by atomic mass is 32.1. The summed E-state index contributed by atoms with van der Waals surface area (Å²) in [4.78, 5) is 0.405. The van der Waals surface area contributed by atoms with Crippen molar-refractivity contribution in [2.45, 2.75) is 0 Å². The molecular weight excluding hydrogens is 325 g/mol. The SMILES string of the molecule is Fc1cccc(-c2nnc3sc(-c4cc(F)ccc4F)nn23)c1. The van der Waals surface area contributed by atoms with Gasteiger partial charge in [-0.05, 0) is 30.3 Å². The third kappa shape index (κ3) is 2.36. The van der Waals surface area contributed by atoms with E-state index in [4.69, 9.17) is 0 Å². The lowest BCUT2D eigenvalue weighted by molar-refractivity contribution is 0.603. The molecule has 23 heavy (non-hydrogen) atoms. The minimum Gasteiger partial charge on any atom is -0.207 e. The Morgan fingerprint density at radius 3 is 2.57 bits per heavy atom. The van der Waals surface area contributed by atoms with Crippen molar-refractivity contribution in [2.75, 3.05) is 0 Å². The van der Waals surface area contributed by atoms with Gasteiger partial charge in [0, 0.05) is 5.56 Å². The monoisotopic (exact) mass is 332 g/mol. The number of halogens is 3. The number of rotatable bonds is 2. The smallest absolute Gasteiger partial charge is 0.207 e. The van der Waals surface area contributed by atoms with Crippen LogP contribution in [0.25, 0.3) is 26.9 Å². The molecule has 0 fully saturated rings. The van der Waals surface area contributed by atoms with Crippen molar-refractivity contribution in [1.29, 1.82) is 0 Å². The molecule has 4 nitrogen and oxygen atoms in total. The number of nitrogens with zero attached hydrogens (tertiary/aromatic N) is 4. The molecule has 0 radical (unpaired) electrons. The predicted octanol–water partition coefficient (Wildman–Crippen LogP) is 3.94. The van der Waals surface area contributed by atoms with Gasteiger partial charge >= 0.3 is 0 Å². The maximum atomic E-state index is 13.9. The first-order valence-electron chi connectivity index (χ1n) is 6.55. The van der Waals surface area contributed by atoms with Crippen LogP contribution in [-0.2, 0) is 0 Å². The first kappa shape index (κ1) is 13.9. The molecular formula is C15H7F3N4S. The lowest BCUT2D eigenvalue weighted by atomic mass is 10.2. The standard InChI is InChI=1S/C15H7F3N4S/c16-9-3-1-2-8(6-9)13-19-20-15-22(13)21-14(23-15)11-7-10(17)4-5-12(11)18/h1-7H. The van der Waals surface area contributed by atoms with Crippen molar-refractivity contribution in [3.05, 3.63) is 59.9 Å². The van der Waals surface area contributed by atoms with Crippen molar-refractivity contribution in [3.63, 3.8) is 0 Å². The van der Waals surface area contributed by atoms with Gasteiger partial charge < -0.3 is 0 Å². The first-order chi connectivity index (χ1) is 11.1. The second kappa shape index (κ2) is 5.17. The predicted molar refractivity (Wildman–Crippen MR) is 79.4 cm³/mol. The molecule has 4 rings (SSSR count). The van der Waals surface area contributed by atoms with Crippen LogP contribution in [0.5, 0.6) is 0 Å². The summed E-state index contributed by atoms with van der Waals surface area (Å²) in [6, 6.07) is 8.99. The van der Waals surface area contributed by atoms with Crippen LogP contribution in [0, 0.1) is 17.5 Å². The Labute approximate surface area is 131 Å². The van der Waals surface area contributed by atoms with E-state index in [0.717, 1.165) is 29.5 Å². The molecule has 2 aromatic heterocycles. The summed E-state index contributed by atoms with van der Waals surface area (Å²) in [5.74, 6) is -1.22. The quantitative estimate of drug-likeness (QED) is 0.558. The fraction of sp³-hybridized carbons (Fsp3) is 0. The topological polar surface area (TPSA) is 43.1 Å². The largest absolute Gasteiger partial charge is 0.235 e. The van der Waals surface area contributed by atoms with Crippen molar-refractivity contribution in [3.8, 4) is 22.0 Å². The zero-order valence-electron chi connectivity index (χ0n) is 11.4. The van der Waals surface area contributed by atoms with Gasteiger partial charge in [0.2, 0.25) is 4.96 Å². The molecule has 0 unspecified atom stereocenters. The van der Waals surface area contributed by atoms with E-state index in [0.29, 0.717) is 16.3 Å². The number of hydrogen-bond donors (Lipinski definition) is 0. The van der Waals surface area contributed by atoms with Crippen molar-refractivity contribution >= 4 is 16.3 Å². The van der Waals surface area contributed by atoms with Gasteiger partial charge in [0.25, 0.3) is 0 Å². The Bertz CT molecular complexity index is 1020. The summed E-state index contributed by atoms with van der Waals surface area (Å²) in [6.45, 7) is 0. The van der Waals surface area contributed by atoms with Crippen LogP contribution in [0.4, 0.5) is 13.2 Å². The molecule has 2 heterocycles. The Morgan fingerprint density at radius 2 is 1.74 bits per heavy atom. The molecule has 0 bridgehead atoms. The molecule has 0 N–H and O–H groups in total. The van der Waals surface area contributed by atoms with Gasteiger partial charge in [0.05, 0.1) is 5.56 Å². The molecule has 0 spiro atoms. The lowest BCUT2D eigenvalue weighted by Gasteiger charge is -1.99. The summed E-state index contributed by atoms with van der Waals surface area (Å²) in [5, 5.41) is 12.4.